The molecule has 0 bridgehead atoms. The molecule has 0 aromatic heterocycles. The minimum Gasteiger partial charge on any atom is -0.481 e. The Kier molecular flexibility index (Phi) is 4.91. The molecule has 0 heterocycles. The van der Waals surface area contributed by atoms with Gasteiger partial charge in [-0.1, -0.05) is 12.0 Å². The Bertz CT molecular complexity index is 761. The summed E-state index contributed by atoms with van der Waals surface area (Å²) in [7, 11) is 0. The van der Waals surface area contributed by atoms with Crippen molar-refractivity contribution < 1.29 is 22.7 Å². The van der Waals surface area contributed by atoms with E-state index in [9.17, 15) is 18.0 Å². The molecular formula is C17H12F3NO2. The molecule has 3 nitrogen and oxygen atoms in total. The standard InChI is InChI=1S/C17H12F3NO2/c1-3-11-7-14(19)16(15(20)8-11)21-17(22)10(2)23-13-6-4-5-12(18)9-13/h1,4-10H,2H3,(H,21,22)/t10-/m1/s1. The van der Waals surface area contributed by atoms with Crippen molar-refractivity contribution in [2.45, 2.75) is 13.0 Å². The molecule has 23 heavy (non-hydrogen) atoms. The number of amides is 1. The number of carbonyl (C=O) groups is 1. The minimum atomic E-state index is -1.09. The fourth-order valence-electron chi connectivity index (χ4n) is 1.80. The van der Waals surface area contributed by atoms with Crippen LogP contribution in [0.4, 0.5) is 18.9 Å². The SMILES string of the molecule is C#Cc1cc(F)c(NC(=O)[C@@H](C)Oc2cccc(F)c2)c(F)c1. The lowest BCUT2D eigenvalue weighted by molar-refractivity contribution is -0.122. The number of ether oxygens (including phenoxy) is 1. The summed E-state index contributed by atoms with van der Waals surface area (Å²) >= 11 is 0. The number of hydrogen-bond acceptors (Lipinski definition) is 2. The van der Waals surface area contributed by atoms with Gasteiger partial charge in [-0.3, -0.25) is 4.79 Å². The maximum atomic E-state index is 13.8. The molecular weight excluding hydrogens is 307 g/mol. The topological polar surface area (TPSA) is 38.3 Å². The number of halogens is 3. The first kappa shape index (κ1) is 16.4. The van der Waals surface area contributed by atoms with Crippen LogP contribution in [0.5, 0.6) is 5.75 Å². The van der Waals surface area contributed by atoms with E-state index in [1.165, 1.54) is 25.1 Å². The second-order valence-corrected chi connectivity index (χ2v) is 4.67. The van der Waals surface area contributed by atoms with Gasteiger partial charge in [-0.15, -0.1) is 6.42 Å². The molecule has 2 aromatic rings. The molecule has 6 heteroatoms. The van der Waals surface area contributed by atoms with Gasteiger partial charge in [-0.05, 0) is 31.2 Å². The zero-order valence-electron chi connectivity index (χ0n) is 12.1. The Morgan fingerprint density at radius 1 is 1.22 bits per heavy atom. The van der Waals surface area contributed by atoms with Gasteiger partial charge in [0.2, 0.25) is 0 Å². The van der Waals surface area contributed by atoms with E-state index in [2.05, 4.69) is 11.2 Å². The second-order valence-electron chi connectivity index (χ2n) is 4.67. The number of anilines is 1. The van der Waals surface area contributed by atoms with Crippen LogP contribution in [0.25, 0.3) is 0 Å². The maximum Gasteiger partial charge on any atom is 0.265 e. The third-order valence-electron chi connectivity index (χ3n) is 2.94. The highest BCUT2D eigenvalue weighted by atomic mass is 19.1. The molecule has 1 atom stereocenters. The van der Waals surface area contributed by atoms with Crippen molar-refractivity contribution >= 4 is 11.6 Å². The summed E-state index contributed by atoms with van der Waals surface area (Å²) in [6, 6.07) is 7.03. The Hall–Kier alpha value is -2.94. The lowest BCUT2D eigenvalue weighted by Crippen LogP contribution is -2.30. The van der Waals surface area contributed by atoms with Crippen molar-refractivity contribution in [3.63, 3.8) is 0 Å². The molecule has 0 aliphatic carbocycles. The van der Waals surface area contributed by atoms with Gasteiger partial charge in [0.1, 0.15) is 17.3 Å². The number of nitrogens with one attached hydrogen (secondary N) is 1. The van der Waals surface area contributed by atoms with E-state index in [-0.39, 0.29) is 11.3 Å². The predicted octanol–water partition coefficient (Wildman–Crippen LogP) is 3.49. The number of rotatable bonds is 4. The van der Waals surface area contributed by atoms with Gasteiger partial charge in [-0.2, -0.15) is 0 Å². The summed E-state index contributed by atoms with van der Waals surface area (Å²) < 4.78 is 45.8. The summed E-state index contributed by atoms with van der Waals surface area (Å²) in [4.78, 5) is 12.0. The lowest BCUT2D eigenvalue weighted by Gasteiger charge is -2.15. The van der Waals surface area contributed by atoms with Gasteiger partial charge >= 0.3 is 0 Å². The third kappa shape index (κ3) is 4.04. The minimum absolute atomic E-state index is 0.0158. The molecule has 0 fully saturated rings. The molecule has 0 saturated heterocycles. The van der Waals surface area contributed by atoms with Crippen LogP contribution in [0.15, 0.2) is 36.4 Å². The van der Waals surface area contributed by atoms with Gasteiger partial charge in [0.15, 0.2) is 17.7 Å². The van der Waals surface area contributed by atoms with Crippen LogP contribution in [-0.4, -0.2) is 12.0 Å². The molecule has 2 aromatic carbocycles. The van der Waals surface area contributed by atoms with E-state index >= 15 is 0 Å². The molecule has 0 radical (unpaired) electrons. The quantitative estimate of drug-likeness (QED) is 0.876. The monoisotopic (exact) mass is 319 g/mol. The number of hydrogen-bond donors (Lipinski definition) is 1. The van der Waals surface area contributed by atoms with Crippen LogP contribution in [0.1, 0.15) is 12.5 Å². The van der Waals surface area contributed by atoms with Crippen LogP contribution in [0.2, 0.25) is 0 Å². The van der Waals surface area contributed by atoms with E-state index in [4.69, 9.17) is 11.2 Å². The smallest absolute Gasteiger partial charge is 0.265 e. The highest BCUT2D eigenvalue weighted by molar-refractivity contribution is 5.94. The molecule has 2 rings (SSSR count). The zero-order chi connectivity index (χ0) is 17.0. The fraction of sp³-hybridized carbons (Fsp3) is 0.118. The van der Waals surface area contributed by atoms with Crippen LogP contribution in [0.3, 0.4) is 0 Å². The molecule has 118 valence electrons. The highest BCUT2D eigenvalue weighted by Gasteiger charge is 2.19. The highest BCUT2D eigenvalue weighted by Crippen LogP contribution is 2.21. The maximum absolute atomic E-state index is 13.8. The lowest BCUT2D eigenvalue weighted by atomic mass is 10.2. The third-order valence-corrected chi connectivity index (χ3v) is 2.94. The second kappa shape index (κ2) is 6.88. The Morgan fingerprint density at radius 2 is 1.87 bits per heavy atom. The van der Waals surface area contributed by atoms with Gasteiger partial charge in [0.05, 0.1) is 0 Å². The fourth-order valence-corrected chi connectivity index (χ4v) is 1.80. The average molecular weight is 319 g/mol. The molecule has 0 spiro atoms. The van der Waals surface area contributed by atoms with Crippen molar-refractivity contribution in [3.05, 3.63) is 59.4 Å². The average Bonchev–Trinajstić information content (AvgIpc) is 2.50. The molecule has 0 saturated carbocycles. The first-order valence-corrected chi connectivity index (χ1v) is 6.59. The van der Waals surface area contributed by atoms with Gasteiger partial charge in [0, 0.05) is 11.6 Å². The van der Waals surface area contributed by atoms with Crippen LogP contribution >= 0.6 is 0 Å². The van der Waals surface area contributed by atoms with E-state index in [1.54, 1.807) is 0 Å². The first-order valence-electron chi connectivity index (χ1n) is 6.59. The summed E-state index contributed by atoms with van der Waals surface area (Å²) in [6.07, 6.45) is 3.97. The number of benzene rings is 2. The zero-order valence-corrected chi connectivity index (χ0v) is 12.1. The summed E-state index contributed by atoms with van der Waals surface area (Å²) in [5.74, 6) is -1.10. The Labute approximate surface area is 131 Å². The predicted molar refractivity (Wildman–Crippen MR) is 79.4 cm³/mol. The van der Waals surface area contributed by atoms with E-state index in [1.807, 2.05) is 0 Å². The van der Waals surface area contributed by atoms with Crippen molar-refractivity contribution in [1.82, 2.24) is 0 Å². The van der Waals surface area contributed by atoms with Crippen LogP contribution < -0.4 is 10.1 Å². The summed E-state index contributed by atoms with van der Waals surface area (Å²) in [5.41, 5.74) is -0.606. The molecule has 0 aliphatic rings. The van der Waals surface area contributed by atoms with E-state index < -0.39 is 35.2 Å². The van der Waals surface area contributed by atoms with Crippen molar-refractivity contribution in [2.24, 2.45) is 0 Å². The number of terminal acetylenes is 1. The Morgan fingerprint density at radius 3 is 2.43 bits per heavy atom. The summed E-state index contributed by atoms with van der Waals surface area (Å²) in [5, 5.41) is 2.09. The molecule has 1 N–H and O–H groups in total. The first-order chi connectivity index (χ1) is 10.9. The van der Waals surface area contributed by atoms with Gasteiger partial charge < -0.3 is 10.1 Å². The number of carbonyl (C=O) groups excluding carboxylic acids is 1. The molecule has 1 amide bonds. The summed E-state index contributed by atoms with van der Waals surface area (Å²) in [6.45, 7) is 1.37. The molecule has 0 aliphatic heterocycles. The van der Waals surface area contributed by atoms with Crippen molar-refractivity contribution in [2.75, 3.05) is 5.32 Å². The van der Waals surface area contributed by atoms with Gasteiger partial charge in [0.25, 0.3) is 5.91 Å². The van der Waals surface area contributed by atoms with E-state index in [0.717, 1.165) is 18.2 Å². The van der Waals surface area contributed by atoms with Crippen molar-refractivity contribution in [1.29, 1.82) is 0 Å². The normalized spacial score (nSPS) is 11.4. The van der Waals surface area contributed by atoms with Gasteiger partial charge in [-0.25, -0.2) is 13.2 Å². The van der Waals surface area contributed by atoms with Crippen LogP contribution in [-0.2, 0) is 4.79 Å². The van der Waals surface area contributed by atoms with Crippen LogP contribution in [0, 0.1) is 29.8 Å². The van der Waals surface area contributed by atoms with Crippen molar-refractivity contribution in [3.8, 4) is 18.1 Å². The Balaban J connectivity index is 2.11. The van der Waals surface area contributed by atoms with E-state index in [0.29, 0.717) is 0 Å². The largest absolute Gasteiger partial charge is 0.481 e. The molecule has 0 unspecified atom stereocenters.